The first kappa shape index (κ1) is 11.3. The van der Waals surface area contributed by atoms with Crippen LogP contribution in [0.1, 0.15) is 30.9 Å². The number of hydrogen-bond acceptors (Lipinski definition) is 2. The molecular formula is C15H17N3. The maximum Gasteiger partial charge on any atom is 0.0767 e. The van der Waals surface area contributed by atoms with Gasteiger partial charge in [-0.2, -0.15) is 5.26 Å². The summed E-state index contributed by atoms with van der Waals surface area (Å²) in [5, 5.41) is 10.6. The van der Waals surface area contributed by atoms with Crippen molar-refractivity contribution in [2.45, 2.75) is 25.3 Å². The highest BCUT2D eigenvalue weighted by Gasteiger charge is 2.44. The molecule has 3 nitrogen and oxygen atoms in total. The molecule has 1 fully saturated rings. The fourth-order valence-electron chi connectivity index (χ4n) is 2.97. The SMILES string of the molecule is Cn1cc(C(N)C2(C#N)CCC2)c2ccccc21. The summed E-state index contributed by atoms with van der Waals surface area (Å²) in [7, 11) is 2.03. The molecule has 1 heterocycles. The van der Waals surface area contributed by atoms with Crippen LogP contribution < -0.4 is 5.73 Å². The van der Waals surface area contributed by atoms with Gasteiger partial charge in [0, 0.05) is 24.1 Å². The molecule has 3 rings (SSSR count). The van der Waals surface area contributed by atoms with E-state index in [1.54, 1.807) is 0 Å². The zero-order valence-electron chi connectivity index (χ0n) is 10.6. The van der Waals surface area contributed by atoms with Gasteiger partial charge in [0.2, 0.25) is 0 Å². The van der Waals surface area contributed by atoms with Crippen LogP contribution in [0.2, 0.25) is 0 Å². The highest BCUT2D eigenvalue weighted by Crippen LogP contribution is 2.49. The molecule has 0 saturated heterocycles. The first-order chi connectivity index (χ1) is 8.68. The molecule has 1 atom stereocenters. The van der Waals surface area contributed by atoms with Crippen LogP contribution in [0.25, 0.3) is 10.9 Å². The predicted molar refractivity (Wildman–Crippen MR) is 71.7 cm³/mol. The van der Waals surface area contributed by atoms with Crippen molar-refractivity contribution in [2.24, 2.45) is 18.2 Å². The topological polar surface area (TPSA) is 54.7 Å². The number of hydrogen-bond donors (Lipinski definition) is 1. The molecule has 1 saturated carbocycles. The number of nitriles is 1. The van der Waals surface area contributed by atoms with Gasteiger partial charge in [-0.1, -0.05) is 24.6 Å². The number of para-hydroxylation sites is 1. The van der Waals surface area contributed by atoms with Crippen LogP contribution in [0.5, 0.6) is 0 Å². The third kappa shape index (κ3) is 1.39. The molecular weight excluding hydrogens is 222 g/mol. The van der Waals surface area contributed by atoms with Crippen molar-refractivity contribution in [2.75, 3.05) is 0 Å². The fraction of sp³-hybridized carbons (Fsp3) is 0.400. The Morgan fingerprint density at radius 2 is 2.11 bits per heavy atom. The van der Waals surface area contributed by atoms with E-state index in [0.717, 1.165) is 24.8 Å². The van der Waals surface area contributed by atoms with E-state index in [9.17, 15) is 5.26 Å². The molecule has 1 aliphatic rings. The molecule has 3 heteroatoms. The van der Waals surface area contributed by atoms with Crippen LogP contribution in [0.4, 0.5) is 0 Å². The Morgan fingerprint density at radius 3 is 2.72 bits per heavy atom. The molecule has 0 radical (unpaired) electrons. The molecule has 92 valence electrons. The standard InChI is InChI=1S/C15H17N3/c1-18-9-12(11-5-2-3-6-13(11)18)14(17)15(10-16)7-4-8-15/h2-3,5-6,9,14H,4,7-8,17H2,1H3. The van der Waals surface area contributed by atoms with Crippen LogP contribution in [0, 0.1) is 16.7 Å². The Bertz CT molecular complexity index is 629. The summed E-state index contributed by atoms with van der Waals surface area (Å²) in [6, 6.07) is 10.5. The Balaban J connectivity index is 2.13. The zero-order valence-corrected chi connectivity index (χ0v) is 10.6. The Morgan fingerprint density at radius 1 is 1.39 bits per heavy atom. The minimum atomic E-state index is -0.343. The van der Waals surface area contributed by atoms with Crippen LogP contribution in [-0.4, -0.2) is 4.57 Å². The van der Waals surface area contributed by atoms with Crippen molar-refractivity contribution in [3.8, 4) is 6.07 Å². The van der Waals surface area contributed by atoms with Crippen molar-refractivity contribution < 1.29 is 0 Å². The van der Waals surface area contributed by atoms with Crippen LogP contribution in [0.15, 0.2) is 30.5 Å². The Hall–Kier alpha value is -1.79. The first-order valence-corrected chi connectivity index (χ1v) is 6.39. The summed E-state index contributed by atoms with van der Waals surface area (Å²) in [4.78, 5) is 0. The van der Waals surface area contributed by atoms with Gasteiger partial charge < -0.3 is 10.3 Å². The molecule has 1 unspecified atom stereocenters. The molecule has 2 aromatic rings. The number of fused-ring (bicyclic) bond motifs is 1. The quantitative estimate of drug-likeness (QED) is 0.876. The van der Waals surface area contributed by atoms with Crippen LogP contribution in [0.3, 0.4) is 0 Å². The normalized spacial score (nSPS) is 19.2. The minimum Gasteiger partial charge on any atom is -0.350 e. The van der Waals surface area contributed by atoms with E-state index in [0.29, 0.717) is 0 Å². The lowest BCUT2D eigenvalue weighted by molar-refractivity contribution is 0.169. The highest BCUT2D eigenvalue weighted by atomic mass is 14.9. The average Bonchev–Trinajstić information content (AvgIpc) is 2.67. The monoisotopic (exact) mass is 239 g/mol. The molecule has 0 bridgehead atoms. The van der Waals surface area contributed by atoms with Gasteiger partial charge in [-0.05, 0) is 24.5 Å². The smallest absolute Gasteiger partial charge is 0.0767 e. The Kier molecular flexibility index (Phi) is 2.42. The van der Waals surface area contributed by atoms with E-state index >= 15 is 0 Å². The van der Waals surface area contributed by atoms with Gasteiger partial charge in [0.1, 0.15) is 0 Å². The summed E-state index contributed by atoms with van der Waals surface area (Å²) in [5.74, 6) is 0. The molecule has 0 spiro atoms. The Labute approximate surface area is 107 Å². The molecule has 1 aromatic carbocycles. The third-order valence-electron chi connectivity index (χ3n) is 4.33. The van der Waals surface area contributed by atoms with Gasteiger partial charge in [-0.25, -0.2) is 0 Å². The lowest BCUT2D eigenvalue weighted by Gasteiger charge is -2.40. The van der Waals surface area contributed by atoms with Crippen molar-refractivity contribution in [3.05, 3.63) is 36.0 Å². The number of benzene rings is 1. The first-order valence-electron chi connectivity index (χ1n) is 6.39. The van der Waals surface area contributed by atoms with Crippen molar-refractivity contribution >= 4 is 10.9 Å². The lowest BCUT2D eigenvalue weighted by atomic mass is 9.64. The highest BCUT2D eigenvalue weighted by molar-refractivity contribution is 5.84. The number of nitrogens with two attached hydrogens (primary N) is 1. The van der Waals surface area contributed by atoms with Crippen LogP contribution in [-0.2, 0) is 7.05 Å². The summed E-state index contributed by atoms with van der Waals surface area (Å²) in [5.41, 5.74) is 8.33. The van der Waals surface area contributed by atoms with E-state index in [-0.39, 0.29) is 11.5 Å². The summed E-state index contributed by atoms with van der Waals surface area (Å²) >= 11 is 0. The van der Waals surface area contributed by atoms with Crippen molar-refractivity contribution in [1.82, 2.24) is 4.57 Å². The lowest BCUT2D eigenvalue weighted by Crippen LogP contribution is -2.39. The van der Waals surface area contributed by atoms with Crippen molar-refractivity contribution in [1.29, 1.82) is 5.26 Å². The molecule has 18 heavy (non-hydrogen) atoms. The second kappa shape index (κ2) is 3.86. The van der Waals surface area contributed by atoms with Crippen LogP contribution >= 0.6 is 0 Å². The molecule has 0 aliphatic heterocycles. The maximum absolute atomic E-state index is 9.41. The number of rotatable bonds is 2. The second-order valence-corrected chi connectivity index (χ2v) is 5.31. The fourth-order valence-corrected chi connectivity index (χ4v) is 2.97. The van der Waals surface area contributed by atoms with Gasteiger partial charge in [0.15, 0.2) is 0 Å². The van der Waals surface area contributed by atoms with Gasteiger partial charge in [-0.15, -0.1) is 0 Å². The molecule has 1 aromatic heterocycles. The largest absolute Gasteiger partial charge is 0.350 e. The second-order valence-electron chi connectivity index (χ2n) is 5.31. The van der Waals surface area contributed by atoms with Gasteiger partial charge in [0.05, 0.1) is 17.5 Å². The number of aromatic nitrogens is 1. The number of aryl methyl sites for hydroxylation is 1. The molecule has 2 N–H and O–H groups in total. The average molecular weight is 239 g/mol. The van der Waals surface area contributed by atoms with Gasteiger partial charge in [0.25, 0.3) is 0 Å². The van der Waals surface area contributed by atoms with Gasteiger partial charge in [-0.3, -0.25) is 0 Å². The zero-order chi connectivity index (χ0) is 12.8. The summed E-state index contributed by atoms with van der Waals surface area (Å²) in [6.45, 7) is 0. The van der Waals surface area contributed by atoms with E-state index in [1.807, 2.05) is 19.2 Å². The van der Waals surface area contributed by atoms with E-state index in [2.05, 4.69) is 29.0 Å². The third-order valence-corrected chi connectivity index (χ3v) is 4.33. The van der Waals surface area contributed by atoms with E-state index in [1.165, 1.54) is 10.9 Å². The van der Waals surface area contributed by atoms with Crippen molar-refractivity contribution in [3.63, 3.8) is 0 Å². The maximum atomic E-state index is 9.41. The van der Waals surface area contributed by atoms with E-state index < -0.39 is 0 Å². The molecule has 0 amide bonds. The predicted octanol–water partition coefficient (Wildman–Crippen LogP) is 2.87. The minimum absolute atomic E-state index is 0.178. The van der Waals surface area contributed by atoms with E-state index in [4.69, 9.17) is 5.73 Å². The summed E-state index contributed by atoms with van der Waals surface area (Å²) in [6.07, 6.45) is 5.04. The molecule has 1 aliphatic carbocycles. The summed E-state index contributed by atoms with van der Waals surface area (Å²) < 4.78 is 2.09. The van der Waals surface area contributed by atoms with Gasteiger partial charge >= 0.3 is 0 Å². The number of nitrogens with zero attached hydrogens (tertiary/aromatic N) is 2.